The number of carboxylic acids is 2. The molecule has 0 spiro atoms. The number of amides is 11. The van der Waals surface area contributed by atoms with Gasteiger partial charge in [-0.15, -0.1) is 0 Å². The van der Waals surface area contributed by atoms with Crippen molar-refractivity contribution in [2.75, 3.05) is 19.7 Å². The maximum absolute atomic E-state index is 15.5. The number of aliphatic carboxylic acids is 2. The van der Waals surface area contributed by atoms with E-state index in [1.54, 1.807) is 42.6 Å². The fourth-order valence-corrected chi connectivity index (χ4v) is 12.2. The van der Waals surface area contributed by atoms with E-state index in [4.69, 9.17) is 11.5 Å². The number of carboxylic acid groups (broad SMARTS) is 2. The number of carbonyl (C=O) groups is 13. The van der Waals surface area contributed by atoms with Crippen LogP contribution >= 0.6 is 0 Å². The third-order valence-corrected chi connectivity index (χ3v) is 18.4. The van der Waals surface area contributed by atoms with Crippen LogP contribution in [0.5, 0.6) is 0 Å². The first-order chi connectivity index (χ1) is 51.1. The van der Waals surface area contributed by atoms with Crippen molar-refractivity contribution < 1.29 is 92.3 Å². The molecule has 0 radical (unpaired) electrons. The summed E-state index contributed by atoms with van der Waals surface area (Å²) < 4.78 is 15.5. The number of primary amides is 1. The molecule has 1 aliphatic rings. The maximum atomic E-state index is 15.5. The van der Waals surface area contributed by atoms with Crippen LogP contribution in [0.2, 0.25) is 0 Å². The van der Waals surface area contributed by atoms with E-state index in [2.05, 4.69) is 57.8 Å². The van der Waals surface area contributed by atoms with Gasteiger partial charge < -0.3 is 94.7 Å². The average Bonchev–Trinajstić information content (AvgIpc) is 1.55. The minimum absolute atomic E-state index is 0.0301. The van der Waals surface area contributed by atoms with E-state index >= 15 is 4.39 Å². The van der Waals surface area contributed by atoms with Gasteiger partial charge in [0.1, 0.15) is 58.7 Å². The van der Waals surface area contributed by atoms with Crippen LogP contribution in [0.1, 0.15) is 89.1 Å². The van der Waals surface area contributed by atoms with Gasteiger partial charge in [0.25, 0.3) is 0 Å². The van der Waals surface area contributed by atoms with Crippen LogP contribution in [-0.4, -0.2) is 208 Å². The Morgan fingerprint density at radius 1 is 0.602 bits per heavy atom. The third-order valence-electron chi connectivity index (χ3n) is 18.4. The van der Waals surface area contributed by atoms with Crippen molar-refractivity contribution in [3.8, 4) is 22.3 Å². The zero-order valence-corrected chi connectivity index (χ0v) is 60.0. The fourth-order valence-electron chi connectivity index (χ4n) is 12.2. The maximum Gasteiger partial charge on any atom is 0.305 e. The number of halogens is 1. The number of H-pyrrole nitrogens is 1. The number of nitrogens with zero attached hydrogens (tertiary/aromatic N) is 2. The molecule has 33 heteroatoms. The second-order valence-corrected chi connectivity index (χ2v) is 27.1. The molecular weight excluding hydrogens is 1400 g/mol. The van der Waals surface area contributed by atoms with Crippen molar-refractivity contribution >= 4 is 76.9 Å². The number of nitrogens with one attached hydrogen (secondary N) is 10. The summed E-state index contributed by atoms with van der Waals surface area (Å²) in [5.74, 6) is -16.3. The predicted octanol–water partition coefficient (Wildman–Crippen LogP) is -0.785. The highest BCUT2D eigenvalue weighted by Gasteiger charge is 2.49. The summed E-state index contributed by atoms with van der Waals surface area (Å²) in [7, 11) is 0. The molecule has 0 aliphatic carbocycles. The van der Waals surface area contributed by atoms with Crippen molar-refractivity contribution in [2.45, 2.75) is 164 Å². The Hall–Kier alpha value is -11.8. The summed E-state index contributed by atoms with van der Waals surface area (Å²) in [6.07, 6.45) is -3.74. The Kier molecular flexibility index (Phi) is 29.3. The highest BCUT2D eigenvalue weighted by Crippen LogP contribution is 2.31. The summed E-state index contributed by atoms with van der Waals surface area (Å²) in [5, 5.41) is 73.3. The lowest BCUT2D eigenvalue weighted by Gasteiger charge is -2.36. The molecule has 5 aromatic carbocycles. The lowest BCUT2D eigenvalue weighted by atomic mass is 9.89. The number of aliphatic hydroxyl groups is 3. The van der Waals surface area contributed by atoms with Gasteiger partial charge in [-0.1, -0.05) is 127 Å². The van der Waals surface area contributed by atoms with Crippen molar-refractivity contribution in [1.82, 2.24) is 62.7 Å². The summed E-state index contributed by atoms with van der Waals surface area (Å²) in [6, 6.07) is 25.2. The lowest BCUT2D eigenvalue weighted by Crippen LogP contribution is -2.67. The monoisotopic (exact) mass is 1490 g/mol. The van der Waals surface area contributed by atoms with Crippen molar-refractivity contribution in [2.24, 2.45) is 11.5 Å². The molecule has 2 unspecified atom stereocenters. The first-order valence-electron chi connectivity index (χ1n) is 34.7. The van der Waals surface area contributed by atoms with E-state index in [-0.39, 0.29) is 37.8 Å². The number of imidazole rings is 1. The van der Waals surface area contributed by atoms with Gasteiger partial charge in [-0.25, -0.2) is 9.37 Å². The SMILES string of the molecule is C[C@@H](O)[C@H](NC(=O)CNC(=O)[C@H](CCC(=O)O)NC(=O)[C@]1(C)CCCN1C(=O)[C@@H](N)Cc1c[nH]cn1)C(=O)NC(C)(Cc1ccccc1F)C(=O)N[C@H](C(=O)N[C@@H](CO)C(=O)N[C@@H](CC(=O)O)C(=O)NC(C)(Cc1ccc(-c2ccccc2)cc1)C(=O)N[C@@H](Cc1ccc(-c2ccccc2)cc1)C(N)=O)[C@@H](C)O. The Balaban J connectivity index is 1.04. The number of nitrogens with two attached hydrogens (primary N) is 2. The van der Waals surface area contributed by atoms with E-state index in [0.717, 1.165) is 49.1 Å². The van der Waals surface area contributed by atoms with E-state index in [1.165, 1.54) is 43.3 Å². The highest BCUT2D eigenvalue weighted by molar-refractivity contribution is 6.01. The first-order valence-corrected chi connectivity index (χ1v) is 34.7. The fraction of sp³-hybridized carbons (Fsp3) is 0.387. The van der Waals surface area contributed by atoms with Crippen LogP contribution in [0.3, 0.4) is 0 Å². The average molecular weight is 1500 g/mol. The van der Waals surface area contributed by atoms with E-state index < -0.39 is 193 Å². The smallest absolute Gasteiger partial charge is 0.305 e. The number of aliphatic hydroxyl groups excluding tert-OH is 3. The van der Waals surface area contributed by atoms with Crippen LogP contribution in [0.25, 0.3) is 22.3 Å². The molecule has 12 atom stereocenters. The molecule has 2 heterocycles. The van der Waals surface area contributed by atoms with Crippen LogP contribution in [-0.2, 0) is 88.0 Å². The number of aromatic amines is 1. The van der Waals surface area contributed by atoms with Gasteiger partial charge in [0.15, 0.2) is 0 Å². The molecule has 7 rings (SSSR count). The molecule has 19 N–H and O–H groups in total. The summed E-state index contributed by atoms with van der Waals surface area (Å²) in [6.45, 7) is 3.70. The van der Waals surface area contributed by atoms with Crippen LogP contribution < -0.4 is 59.3 Å². The zero-order chi connectivity index (χ0) is 79.2. The number of hydrogen-bond donors (Lipinski definition) is 17. The number of rotatable bonds is 38. The largest absolute Gasteiger partial charge is 0.481 e. The van der Waals surface area contributed by atoms with Crippen LogP contribution in [0, 0.1) is 5.82 Å². The van der Waals surface area contributed by atoms with Gasteiger partial charge in [0, 0.05) is 44.8 Å². The third kappa shape index (κ3) is 22.9. The number of benzene rings is 5. The predicted molar refractivity (Wildman–Crippen MR) is 387 cm³/mol. The molecule has 0 saturated carbocycles. The van der Waals surface area contributed by atoms with Crippen LogP contribution in [0.4, 0.5) is 4.39 Å². The quantitative estimate of drug-likeness (QED) is 0.0226. The van der Waals surface area contributed by atoms with Gasteiger partial charge >= 0.3 is 11.9 Å². The second kappa shape index (κ2) is 37.9. The van der Waals surface area contributed by atoms with E-state index in [0.29, 0.717) is 23.2 Å². The number of carbonyl (C=O) groups excluding carboxylic acids is 11. The molecule has 0 bridgehead atoms. The van der Waals surface area contributed by atoms with E-state index in [9.17, 15) is 87.9 Å². The molecule has 32 nitrogen and oxygen atoms in total. The normalized spacial score (nSPS) is 16.9. The zero-order valence-electron chi connectivity index (χ0n) is 60.0. The van der Waals surface area contributed by atoms with Crippen molar-refractivity contribution in [3.63, 3.8) is 0 Å². The van der Waals surface area contributed by atoms with Gasteiger partial charge in [0.2, 0.25) is 65.0 Å². The molecule has 11 amide bonds. The minimum atomic E-state index is -2.42. The molecule has 6 aromatic rings. The summed E-state index contributed by atoms with van der Waals surface area (Å²) in [5.41, 5.74) is 10.8. The molecule has 1 fully saturated rings. The minimum Gasteiger partial charge on any atom is -0.481 e. The second-order valence-electron chi connectivity index (χ2n) is 27.1. The molecule has 1 saturated heterocycles. The van der Waals surface area contributed by atoms with Gasteiger partial charge in [-0.3, -0.25) is 62.3 Å². The molecule has 1 aromatic heterocycles. The molecular formula is C75H91FN14O18. The molecule has 576 valence electrons. The topological polar surface area (TPSA) is 515 Å². The Morgan fingerprint density at radius 2 is 1.14 bits per heavy atom. The van der Waals surface area contributed by atoms with E-state index in [1.807, 2.05) is 72.8 Å². The van der Waals surface area contributed by atoms with Gasteiger partial charge in [0.05, 0.1) is 49.8 Å². The first kappa shape index (κ1) is 83.5. The Bertz CT molecular complexity index is 4200. The van der Waals surface area contributed by atoms with Gasteiger partial charge in [-0.05, 0) is 98.9 Å². The standard InChI is InChI=1S/C75H91FN14O18/c1-42(92)61(87-71(107)74(4,37-50-19-12-13-20-52(50)76)89-68(104)62(43(2)93)86-58(94)39-80-64(100)54(29-30-59(95)96)84-72(108)75(5)31-14-32-90(75)69(105)53(77)34-51-38-79-41-81-51)67(103)83-57(40-91)65(101)82-56(35-60(97)98)66(102)88-73(3,36-45-23-27-49(28-24-45)47-17-10-7-11-18-47)70(106)85-55(63(78)99)33-44-21-25-48(26-22-44)46-15-8-6-9-16-46/h6-13,15-28,38,41-43,53-57,61-62,91-93H,14,29-37,39-40,77H2,1-5H3,(H2,78,99)(H,79,81)(H,80,100)(H,82,101)(H,83,103)(H,84,108)(H,85,106)(H,86,94)(H,87,107)(H,88,102)(H,89,104)(H,95,96)(H,97,98)/t42-,43-,53+,54+,55+,56+,57+,61+,62+,73?,74?,75+/m1/s1. The number of hydrogen-bond acceptors (Lipinski definition) is 18. The van der Waals surface area contributed by atoms with Crippen molar-refractivity contribution in [1.29, 1.82) is 0 Å². The van der Waals surface area contributed by atoms with Crippen LogP contribution in [0.15, 0.2) is 146 Å². The lowest BCUT2D eigenvalue weighted by molar-refractivity contribution is -0.146. The highest BCUT2D eigenvalue weighted by atomic mass is 19.1. The summed E-state index contributed by atoms with van der Waals surface area (Å²) >= 11 is 0. The Morgan fingerprint density at radius 3 is 1.69 bits per heavy atom. The Labute approximate surface area is 620 Å². The molecule has 1 aliphatic heterocycles. The summed E-state index contributed by atoms with van der Waals surface area (Å²) in [4.78, 5) is 187. The number of aromatic nitrogens is 2. The van der Waals surface area contributed by atoms with Crippen molar-refractivity contribution in [3.05, 3.63) is 174 Å². The van der Waals surface area contributed by atoms with Gasteiger partial charge in [-0.2, -0.15) is 0 Å². The molecule has 108 heavy (non-hydrogen) atoms. The number of likely N-dealkylation sites (tertiary alicyclic amines) is 1.